The fourth-order valence-corrected chi connectivity index (χ4v) is 3.14. The summed E-state index contributed by atoms with van der Waals surface area (Å²) < 4.78 is 14.1. The molecule has 0 aliphatic carbocycles. The SMILES string of the molecule is CCNCCCc1nnc(-c2cc(F)ccc2Br)s1. The molecule has 2 rings (SSSR count). The highest BCUT2D eigenvalue weighted by atomic mass is 79.9. The number of rotatable bonds is 6. The van der Waals surface area contributed by atoms with E-state index in [0.717, 1.165) is 46.0 Å². The van der Waals surface area contributed by atoms with Crippen molar-refractivity contribution in [1.82, 2.24) is 15.5 Å². The summed E-state index contributed by atoms with van der Waals surface area (Å²) in [6, 6.07) is 4.59. The molecular weight excluding hydrogens is 329 g/mol. The lowest BCUT2D eigenvalue weighted by Crippen LogP contribution is -2.14. The van der Waals surface area contributed by atoms with Crippen LogP contribution >= 0.6 is 27.3 Å². The Balaban J connectivity index is 2.06. The fourth-order valence-electron chi connectivity index (χ4n) is 1.67. The van der Waals surface area contributed by atoms with Gasteiger partial charge in [0.25, 0.3) is 0 Å². The van der Waals surface area contributed by atoms with Gasteiger partial charge in [0, 0.05) is 16.5 Å². The van der Waals surface area contributed by atoms with Gasteiger partial charge in [0.1, 0.15) is 15.8 Å². The Morgan fingerprint density at radius 3 is 3.00 bits per heavy atom. The van der Waals surface area contributed by atoms with Crippen LogP contribution in [-0.4, -0.2) is 23.3 Å². The van der Waals surface area contributed by atoms with Crippen LogP contribution in [0.4, 0.5) is 4.39 Å². The third-order valence-corrected chi connectivity index (χ3v) is 4.33. The van der Waals surface area contributed by atoms with Crippen molar-refractivity contribution in [2.24, 2.45) is 0 Å². The fraction of sp³-hybridized carbons (Fsp3) is 0.385. The maximum atomic E-state index is 13.3. The van der Waals surface area contributed by atoms with Crippen LogP contribution in [0.15, 0.2) is 22.7 Å². The molecular formula is C13H15BrFN3S. The molecule has 0 saturated heterocycles. The molecule has 19 heavy (non-hydrogen) atoms. The van der Waals surface area contributed by atoms with Gasteiger partial charge in [0.2, 0.25) is 0 Å². The molecule has 1 heterocycles. The second kappa shape index (κ2) is 7.07. The summed E-state index contributed by atoms with van der Waals surface area (Å²) in [5, 5.41) is 13.3. The predicted octanol–water partition coefficient (Wildman–Crippen LogP) is 3.65. The van der Waals surface area contributed by atoms with Gasteiger partial charge in [-0.15, -0.1) is 10.2 Å². The number of hydrogen-bond donors (Lipinski definition) is 1. The summed E-state index contributed by atoms with van der Waals surface area (Å²) >= 11 is 4.93. The van der Waals surface area contributed by atoms with E-state index in [1.165, 1.54) is 23.5 Å². The van der Waals surface area contributed by atoms with E-state index >= 15 is 0 Å². The Morgan fingerprint density at radius 1 is 1.37 bits per heavy atom. The van der Waals surface area contributed by atoms with Crippen molar-refractivity contribution < 1.29 is 4.39 Å². The number of benzene rings is 1. The average Bonchev–Trinajstić information content (AvgIpc) is 2.86. The Kier molecular flexibility index (Phi) is 5.42. The summed E-state index contributed by atoms with van der Waals surface area (Å²) in [5.41, 5.74) is 0.760. The highest BCUT2D eigenvalue weighted by Gasteiger charge is 2.10. The molecule has 102 valence electrons. The Hall–Kier alpha value is -0.850. The molecule has 1 aromatic heterocycles. The molecule has 0 atom stereocenters. The van der Waals surface area contributed by atoms with Crippen LogP contribution in [0.1, 0.15) is 18.4 Å². The van der Waals surface area contributed by atoms with E-state index in [9.17, 15) is 4.39 Å². The first kappa shape index (κ1) is 14.6. The Bertz CT molecular complexity index is 544. The van der Waals surface area contributed by atoms with E-state index in [1.54, 1.807) is 6.07 Å². The van der Waals surface area contributed by atoms with Gasteiger partial charge in [-0.3, -0.25) is 0 Å². The van der Waals surface area contributed by atoms with Crippen LogP contribution < -0.4 is 5.32 Å². The minimum atomic E-state index is -0.262. The molecule has 0 aliphatic heterocycles. The highest BCUT2D eigenvalue weighted by Crippen LogP contribution is 2.31. The van der Waals surface area contributed by atoms with Gasteiger partial charge in [-0.2, -0.15) is 0 Å². The zero-order valence-electron chi connectivity index (χ0n) is 10.6. The minimum absolute atomic E-state index is 0.262. The molecule has 0 saturated carbocycles. The lowest BCUT2D eigenvalue weighted by atomic mass is 10.2. The largest absolute Gasteiger partial charge is 0.317 e. The lowest BCUT2D eigenvalue weighted by molar-refractivity contribution is 0.628. The molecule has 0 aliphatic rings. The van der Waals surface area contributed by atoms with Gasteiger partial charge in [0.15, 0.2) is 0 Å². The second-order valence-corrected chi connectivity index (χ2v) is 6.00. The monoisotopic (exact) mass is 343 g/mol. The zero-order chi connectivity index (χ0) is 13.7. The van der Waals surface area contributed by atoms with Crippen LogP contribution in [0.25, 0.3) is 10.6 Å². The van der Waals surface area contributed by atoms with Gasteiger partial charge in [0.05, 0.1) is 0 Å². The first-order chi connectivity index (χ1) is 9.20. The lowest BCUT2D eigenvalue weighted by Gasteiger charge is -1.99. The summed E-state index contributed by atoms with van der Waals surface area (Å²) in [4.78, 5) is 0. The van der Waals surface area contributed by atoms with Crippen molar-refractivity contribution in [1.29, 1.82) is 0 Å². The third kappa shape index (κ3) is 4.06. The normalized spacial score (nSPS) is 10.9. The van der Waals surface area contributed by atoms with Crippen molar-refractivity contribution in [2.45, 2.75) is 19.8 Å². The molecule has 0 bridgehead atoms. The predicted molar refractivity (Wildman–Crippen MR) is 79.9 cm³/mol. The summed E-state index contributed by atoms with van der Waals surface area (Å²) in [5.74, 6) is -0.262. The van der Waals surface area contributed by atoms with Crippen LogP contribution in [0.3, 0.4) is 0 Å². The highest BCUT2D eigenvalue weighted by molar-refractivity contribution is 9.10. The summed E-state index contributed by atoms with van der Waals surface area (Å²) in [6.45, 7) is 4.05. The topological polar surface area (TPSA) is 37.8 Å². The standard InChI is InChI=1S/C13H15BrFN3S/c1-2-16-7-3-4-12-17-18-13(19-12)10-8-9(15)5-6-11(10)14/h5-6,8,16H,2-4,7H2,1H3. The van der Waals surface area contributed by atoms with Crippen LogP contribution in [0.5, 0.6) is 0 Å². The van der Waals surface area contributed by atoms with Crippen LogP contribution in [0.2, 0.25) is 0 Å². The van der Waals surface area contributed by atoms with Crippen molar-refractivity contribution >= 4 is 27.3 Å². The van der Waals surface area contributed by atoms with E-state index < -0.39 is 0 Å². The molecule has 3 nitrogen and oxygen atoms in total. The van der Waals surface area contributed by atoms with E-state index in [1.807, 2.05) is 0 Å². The van der Waals surface area contributed by atoms with Gasteiger partial charge < -0.3 is 5.32 Å². The van der Waals surface area contributed by atoms with Crippen LogP contribution in [0, 0.1) is 5.82 Å². The smallest absolute Gasteiger partial charge is 0.149 e. The number of aryl methyl sites for hydroxylation is 1. The molecule has 0 unspecified atom stereocenters. The molecule has 2 aromatic rings. The molecule has 0 amide bonds. The van der Waals surface area contributed by atoms with E-state index in [2.05, 4.69) is 38.4 Å². The number of nitrogens with one attached hydrogen (secondary N) is 1. The Morgan fingerprint density at radius 2 is 2.21 bits per heavy atom. The van der Waals surface area contributed by atoms with Crippen molar-refractivity contribution in [2.75, 3.05) is 13.1 Å². The van der Waals surface area contributed by atoms with Gasteiger partial charge in [-0.05, 0) is 37.7 Å². The number of aromatic nitrogens is 2. The Labute approximate surface area is 124 Å². The summed E-state index contributed by atoms with van der Waals surface area (Å²) in [6.07, 6.45) is 1.93. The molecule has 1 aromatic carbocycles. The number of hydrogen-bond acceptors (Lipinski definition) is 4. The first-order valence-electron chi connectivity index (χ1n) is 6.19. The maximum absolute atomic E-state index is 13.3. The zero-order valence-corrected chi connectivity index (χ0v) is 13.0. The quantitative estimate of drug-likeness (QED) is 0.813. The first-order valence-corrected chi connectivity index (χ1v) is 7.80. The van der Waals surface area contributed by atoms with Gasteiger partial charge in [-0.1, -0.05) is 34.2 Å². The third-order valence-electron chi connectivity index (χ3n) is 2.62. The minimum Gasteiger partial charge on any atom is -0.317 e. The molecule has 1 N–H and O–H groups in total. The van der Waals surface area contributed by atoms with Gasteiger partial charge in [-0.25, -0.2) is 4.39 Å². The van der Waals surface area contributed by atoms with E-state index in [4.69, 9.17) is 0 Å². The average molecular weight is 344 g/mol. The van der Waals surface area contributed by atoms with Crippen molar-refractivity contribution in [3.63, 3.8) is 0 Å². The van der Waals surface area contributed by atoms with E-state index in [-0.39, 0.29) is 5.82 Å². The molecule has 6 heteroatoms. The second-order valence-electron chi connectivity index (χ2n) is 4.08. The maximum Gasteiger partial charge on any atom is 0.149 e. The van der Waals surface area contributed by atoms with Crippen molar-refractivity contribution in [3.8, 4) is 10.6 Å². The molecule has 0 spiro atoms. The number of nitrogens with zero attached hydrogens (tertiary/aromatic N) is 2. The molecule has 0 fully saturated rings. The van der Waals surface area contributed by atoms with Gasteiger partial charge >= 0.3 is 0 Å². The molecule has 0 radical (unpaired) electrons. The number of halogens is 2. The summed E-state index contributed by atoms with van der Waals surface area (Å²) in [7, 11) is 0. The van der Waals surface area contributed by atoms with E-state index in [0.29, 0.717) is 0 Å². The van der Waals surface area contributed by atoms with Crippen LogP contribution in [-0.2, 0) is 6.42 Å². The van der Waals surface area contributed by atoms with Crippen molar-refractivity contribution in [3.05, 3.63) is 33.5 Å².